The maximum absolute atomic E-state index is 13.8. The lowest BCUT2D eigenvalue weighted by molar-refractivity contribution is -0.0739. The van der Waals surface area contributed by atoms with Gasteiger partial charge in [-0.15, -0.1) is 0 Å². The van der Waals surface area contributed by atoms with Gasteiger partial charge in [0.25, 0.3) is 0 Å². The molecular weight excluding hydrogens is 348 g/mol. The first-order valence-electron chi connectivity index (χ1n) is 8.82. The highest BCUT2D eigenvalue weighted by Gasteiger charge is 2.60. The molecule has 1 heterocycles. The minimum Gasteiger partial charge on any atom is -0.376 e. The van der Waals surface area contributed by atoms with Crippen LogP contribution in [0, 0.1) is 17.8 Å². The fraction of sp³-hybridized carbons (Fsp3) is 0.667. The van der Waals surface area contributed by atoms with Gasteiger partial charge in [-0.1, -0.05) is 30.3 Å². The molecule has 1 spiro atoms. The third-order valence-electron chi connectivity index (χ3n) is 5.95. The maximum Gasteiger partial charge on any atom is 0.248 e. The lowest BCUT2D eigenvalue weighted by atomic mass is 9.76. The first-order chi connectivity index (χ1) is 12.0. The molecule has 1 N–H and O–H groups in total. The Morgan fingerprint density at radius 2 is 2.08 bits per heavy atom. The van der Waals surface area contributed by atoms with Crippen molar-refractivity contribution in [3.05, 3.63) is 35.9 Å². The number of hydrogen-bond donors (Lipinski definition) is 1. The van der Waals surface area contributed by atoms with Gasteiger partial charge in [-0.3, -0.25) is 4.18 Å². The Bertz CT molecular complexity index is 644. The fourth-order valence-electron chi connectivity index (χ4n) is 4.83. The van der Waals surface area contributed by atoms with Crippen molar-refractivity contribution >= 4 is 11.3 Å². The summed E-state index contributed by atoms with van der Waals surface area (Å²) >= 11 is -1.54. The Hall–Kier alpha value is -0.890. The number of halogens is 2. The molecule has 5 atom stereocenters. The average molecular weight is 371 g/mol. The largest absolute Gasteiger partial charge is 0.376 e. The van der Waals surface area contributed by atoms with Gasteiger partial charge < -0.3 is 4.74 Å². The quantitative estimate of drug-likeness (QED) is 0.884. The summed E-state index contributed by atoms with van der Waals surface area (Å²) in [5.74, 6) is -2.54. The summed E-state index contributed by atoms with van der Waals surface area (Å²) in [6, 6.07) is 9.87. The molecule has 1 aromatic carbocycles. The second-order valence-electron chi connectivity index (χ2n) is 7.54. The Morgan fingerprint density at radius 1 is 1.28 bits per heavy atom. The monoisotopic (exact) mass is 371 g/mol. The highest BCUT2D eigenvalue weighted by Crippen LogP contribution is 2.56. The van der Waals surface area contributed by atoms with Gasteiger partial charge in [0.1, 0.15) is 5.60 Å². The molecule has 3 fully saturated rings. The van der Waals surface area contributed by atoms with Crippen molar-refractivity contribution in [3.8, 4) is 0 Å². The first-order valence-corrected chi connectivity index (χ1v) is 9.89. The van der Waals surface area contributed by atoms with Crippen molar-refractivity contribution in [1.29, 1.82) is 0 Å². The van der Waals surface area contributed by atoms with E-state index in [1.807, 2.05) is 30.3 Å². The molecule has 25 heavy (non-hydrogen) atoms. The second-order valence-corrected chi connectivity index (χ2v) is 8.46. The summed E-state index contributed by atoms with van der Waals surface area (Å²) in [5, 5.41) is 0. The van der Waals surface area contributed by atoms with Crippen LogP contribution in [0.1, 0.15) is 31.2 Å². The normalized spacial score (nSPS) is 39.6. The number of hydrogen-bond acceptors (Lipinski definition) is 3. The summed E-state index contributed by atoms with van der Waals surface area (Å²) < 4.78 is 53.9. The summed E-state index contributed by atoms with van der Waals surface area (Å²) in [4.78, 5) is 0. The molecule has 0 bridgehead atoms. The van der Waals surface area contributed by atoms with Crippen LogP contribution in [0.3, 0.4) is 0 Å². The van der Waals surface area contributed by atoms with Crippen molar-refractivity contribution in [2.75, 3.05) is 13.2 Å². The molecule has 2 aliphatic carbocycles. The molecule has 1 aromatic rings. The first kappa shape index (κ1) is 17.5. The van der Waals surface area contributed by atoms with Crippen LogP contribution in [-0.4, -0.2) is 28.9 Å². The topological polar surface area (TPSA) is 47.6 Å². The van der Waals surface area contributed by atoms with Crippen LogP contribution in [0.5, 0.6) is 0 Å². The highest BCUT2D eigenvalue weighted by molar-refractivity contribution is 7.78. The van der Waals surface area contributed by atoms with E-state index in [0.717, 1.165) is 5.56 Å². The van der Waals surface area contributed by atoms with Crippen LogP contribution in [0.15, 0.2) is 30.3 Å². The van der Waals surface area contributed by atoms with Crippen LogP contribution in [-0.2, 0) is 26.8 Å². The Balaban J connectivity index is 1.47. The zero-order valence-electron chi connectivity index (χ0n) is 14.0. The highest BCUT2D eigenvalue weighted by atomic mass is 32.2. The van der Waals surface area contributed by atoms with Gasteiger partial charge in [-0.25, -0.2) is 17.7 Å². The third-order valence-corrected chi connectivity index (χ3v) is 6.81. The lowest BCUT2D eigenvalue weighted by Crippen LogP contribution is -2.42. The van der Waals surface area contributed by atoms with Gasteiger partial charge in [0.2, 0.25) is 17.2 Å². The van der Waals surface area contributed by atoms with E-state index in [-0.39, 0.29) is 30.6 Å². The van der Waals surface area contributed by atoms with Gasteiger partial charge in [0.05, 0.1) is 13.2 Å². The van der Waals surface area contributed by atoms with E-state index >= 15 is 0 Å². The second kappa shape index (κ2) is 6.68. The molecule has 0 aromatic heterocycles. The van der Waals surface area contributed by atoms with Crippen molar-refractivity contribution in [3.63, 3.8) is 0 Å². The van der Waals surface area contributed by atoms with Crippen LogP contribution >= 0.6 is 0 Å². The van der Waals surface area contributed by atoms with E-state index in [4.69, 9.17) is 8.92 Å². The Morgan fingerprint density at radius 3 is 2.80 bits per heavy atom. The van der Waals surface area contributed by atoms with Gasteiger partial charge in [-0.05, 0) is 30.2 Å². The van der Waals surface area contributed by atoms with Gasteiger partial charge in [0.15, 0.2) is 0 Å². The number of nitrogens with one attached hydrogen (secondary N) is 1. The van der Waals surface area contributed by atoms with E-state index < -0.39 is 22.8 Å². The minimum absolute atomic E-state index is 0.00346. The van der Waals surface area contributed by atoms with Gasteiger partial charge >= 0.3 is 0 Å². The SMILES string of the molecule is O=S1NCC2(CC3CC(F)(F)CCC3C2COCc2ccccc2)O1. The number of rotatable bonds is 4. The third kappa shape index (κ3) is 3.52. The van der Waals surface area contributed by atoms with E-state index in [0.29, 0.717) is 32.6 Å². The molecule has 0 amide bonds. The zero-order chi connectivity index (χ0) is 17.5. The molecule has 3 aliphatic rings. The Labute approximate surface area is 149 Å². The average Bonchev–Trinajstić information content (AvgIpc) is 3.07. The molecule has 1 aliphatic heterocycles. The molecular formula is C18H23F2NO3S. The predicted molar refractivity (Wildman–Crippen MR) is 89.9 cm³/mol. The molecule has 1 saturated heterocycles. The number of fused-ring (bicyclic) bond motifs is 1. The number of ether oxygens (including phenoxy) is 1. The minimum atomic E-state index is -2.59. The van der Waals surface area contributed by atoms with Gasteiger partial charge in [0, 0.05) is 25.3 Å². The van der Waals surface area contributed by atoms with Crippen molar-refractivity contribution < 1.29 is 21.9 Å². The molecule has 138 valence electrons. The molecule has 4 nitrogen and oxygen atoms in total. The molecule has 2 saturated carbocycles. The van der Waals surface area contributed by atoms with Crippen molar-refractivity contribution in [2.24, 2.45) is 17.8 Å². The van der Waals surface area contributed by atoms with Crippen LogP contribution in [0.2, 0.25) is 0 Å². The van der Waals surface area contributed by atoms with Gasteiger partial charge in [-0.2, -0.15) is 0 Å². The standard InChI is InChI=1S/C18H23F2NO3S/c19-18(20)7-6-15-14(9-18)8-17(12-21-25(22)24-17)16(15)11-23-10-13-4-2-1-3-5-13/h1-5,14-16,21H,6-12H2. The molecule has 0 radical (unpaired) electrons. The number of alkyl halides is 2. The van der Waals surface area contributed by atoms with E-state index in [1.165, 1.54) is 0 Å². The number of benzene rings is 1. The summed E-state index contributed by atoms with van der Waals surface area (Å²) in [6.07, 6.45) is 0.848. The predicted octanol–water partition coefficient (Wildman–Crippen LogP) is 3.21. The van der Waals surface area contributed by atoms with Crippen LogP contribution in [0.25, 0.3) is 0 Å². The maximum atomic E-state index is 13.8. The fourth-order valence-corrected chi connectivity index (χ4v) is 5.81. The summed E-state index contributed by atoms with van der Waals surface area (Å²) in [5.41, 5.74) is 0.437. The van der Waals surface area contributed by atoms with Crippen LogP contribution in [0.4, 0.5) is 8.78 Å². The lowest BCUT2D eigenvalue weighted by Gasteiger charge is -2.35. The molecule has 7 heteroatoms. The smallest absolute Gasteiger partial charge is 0.248 e. The van der Waals surface area contributed by atoms with Crippen LogP contribution < -0.4 is 4.72 Å². The van der Waals surface area contributed by atoms with E-state index in [2.05, 4.69) is 4.72 Å². The van der Waals surface area contributed by atoms with E-state index in [9.17, 15) is 13.0 Å². The zero-order valence-corrected chi connectivity index (χ0v) is 14.8. The van der Waals surface area contributed by atoms with Crippen molar-refractivity contribution in [2.45, 2.75) is 43.8 Å². The Kier molecular flexibility index (Phi) is 4.68. The summed E-state index contributed by atoms with van der Waals surface area (Å²) in [6.45, 7) is 1.37. The summed E-state index contributed by atoms with van der Waals surface area (Å²) in [7, 11) is 0. The molecule has 4 rings (SSSR count). The van der Waals surface area contributed by atoms with Crippen molar-refractivity contribution in [1.82, 2.24) is 4.72 Å². The molecule has 5 unspecified atom stereocenters. The van der Waals surface area contributed by atoms with E-state index in [1.54, 1.807) is 0 Å².